The summed E-state index contributed by atoms with van der Waals surface area (Å²) in [5.74, 6) is -0.0668. The Kier molecular flexibility index (Phi) is 8.07. The second-order valence-electron chi connectivity index (χ2n) is 7.81. The van der Waals surface area contributed by atoms with E-state index in [0.29, 0.717) is 18.0 Å². The van der Waals surface area contributed by atoms with Crippen LogP contribution in [0.15, 0.2) is 95.5 Å². The number of hydrogen-bond donors (Lipinski definition) is 1. The van der Waals surface area contributed by atoms with Gasteiger partial charge in [-0.05, 0) is 30.3 Å². The first-order valence-electron chi connectivity index (χ1n) is 11.1. The second kappa shape index (κ2) is 11.6. The molecule has 0 spiro atoms. The highest BCUT2D eigenvalue weighted by atomic mass is 79.9. The number of para-hydroxylation sites is 1. The van der Waals surface area contributed by atoms with E-state index in [-0.39, 0.29) is 24.9 Å². The minimum Gasteiger partial charge on any atom is -0.383 e. The van der Waals surface area contributed by atoms with Gasteiger partial charge in [0.05, 0.1) is 18.0 Å². The van der Waals surface area contributed by atoms with Crippen LogP contribution < -0.4 is 5.32 Å². The third-order valence-electron chi connectivity index (χ3n) is 5.31. The summed E-state index contributed by atoms with van der Waals surface area (Å²) in [7, 11) is 1.56. The Balaban J connectivity index is 1.58. The first-order valence-corrected chi connectivity index (χ1v) is 11.9. The molecule has 0 unspecified atom stereocenters. The minimum absolute atomic E-state index is 0.130. The van der Waals surface area contributed by atoms with E-state index in [1.54, 1.807) is 30.0 Å². The molecule has 0 aliphatic rings. The van der Waals surface area contributed by atoms with Gasteiger partial charge in [-0.1, -0.05) is 70.5 Å². The van der Waals surface area contributed by atoms with Gasteiger partial charge in [0.1, 0.15) is 12.4 Å². The molecule has 8 heteroatoms. The van der Waals surface area contributed by atoms with Gasteiger partial charge in [-0.15, -0.1) is 0 Å². The van der Waals surface area contributed by atoms with Crippen LogP contribution >= 0.6 is 15.9 Å². The highest BCUT2D eigenvalue weighted by Crippen LogP contribution is 2.25. The molecule has 0 fully saturated rings. The minimum atomic E-state index is -0.332. The Bertz CT molecular complexity index is 1290. The maximum Gasteiger partial charge on any atom is 0.254 e. The zero-order valence-corrected chi connectivity index (χ0v) is 20.8. The largest absolute Gasteiger partial charge is 0.383 e. The first kappa shape index (κ1) is 24.4. The predicted molar refractivity (Wildman–Crippen MR) is 140 cm³/mol. The number of nitrogens with zero attached hydrogens (tertiary/aromatic N) is 3. The number of nitrogens with one attached hydrogen (secondary N) is 1. The molecule has 35 heavy (non-hydrogen) atoms. The number of halogens is 1. The number of amides is 2. The van der Waals surface area contributed by atoms with E-state index >= 15 is 0 Å². The average molecular weight is 533 g/mol. The molecular formula is C27H25BrN4O3. The Hall–Kier alpha value is -3.75. The molecule has 0 aliphatic heterocycles. The summed E-state index contributed by atoms with van der Waals surface area (Å²) >= 11 is 3.39. The zero-order valence-electron chi connectivity index (χ0n) is 19.2. The fourth-order valence-electron chi connectivity index (χ4n) is 3.60. The molecule has 0 saturated heterocycles. The molecule has 0 atom stereocenters. The van der Waals surface area contributed by atoms with Crippen molar-refractivity contribution in [2.75, 3.05) is 32.1 Å². The molecule has 1 heterocycles. The number of rotatable bonds is 9. The molecule has 2 amide bonds. The third-order valence-corrected chi connectivity index (χ3v) is 5.80. The number of ether oxygens (including phenoxy) is 1. The smallest absolute Gasteiger partial charge is 0.254 e. The van der Waals surface area contributed by atoms with E-state index in [0.717, 1.165) is 21.4 Å². The van der Waals surface area contributed by atoms with Crippen molar-refractivity contribution >= 4 is 33.6 Å². The zero-order chi connectivity index (χ0) is 24.6. The summed E-state index contributed by atoms with van der Waals surface area (Å²) in [6.45, 7) is 0.463. The van der Waals surface area contributed by atoms with Crippen LogP contribution in [0.5, 0.6) is 0 Å². The van der Waals surface area contributed by atoms with Crippen LogP contribution in [0.1, 0.15) is 10.4 Å². The number of hydrogen-bond acceptors (Lipinski definition) is 4. The molecule has 4 aromatic rings. The lowest BCUT2D eigenvalue weighted by Crippen LogP contribution is -2.40. The molecule has 7 nitrogen and oxygen atoms in total. The van der Waals surface area contributed by atoms with Crippen LogP contribution in [0.2, 0.25) is 0 Å². The SMILES string of the molecule is COCCN(CC(=O)Nc1cc(-c2ccccc2)nn1-c1ccccc1)C(=O)c1cccc(Br)c1. The lowest BCUT2D eigenvalue weighted by molar-refractivity contribution is -0.117. The predicted octanol–water partition coefficient (Wildman–Crippen LogP) is 5.03. The summed E-state index contributed by atoms with van der Waals surface area (Å²) in [4.78, 5) is 27.7. The molecule has 0 bridgehead atoms. The molecule has 0 saturated carbocycles. The molecular weight excluding hydrogens is 508 g/mol. The lowest BCUT2D eigenvalue weighted by atomic mass is 10.1. The number of methoxy groups -OCH3 is 1. The van der Waals surface area contributed by atoms with E-state index in [2.05, 4.69) is 21.2 Å². The van der Waals surface area contributed by atoms with Gasteiger partial charge >= 0.3 is 0 Å². The van der Waals surface area contributed by atoms with Crippen LogP contribution in [0, 0.1) is 0 Å². The Labute approximate surface area is 212 Å². The van der Waals surface area contributed by atoms with E-state index in [1.807, 2.05) is 72.8 Å². The maximum absolute atomic E-state index is 13.1. The lowest BCUT2D eigenvalue weighted by Gasteiger charge is -2.22. The highest BCUT2D eigenvalue weighted by molar-refractivity contribution is 9.10. The normalized spacial score (nSPS) is 10.7. The van der Waals surface area contributed by atoms with Crippen LogP contribution in [0.4, 0.5) is 5.82 Å². The van der Waals surface area contributed by atoms with E-state index in [4.69, 9.17) is 9.84 Å². The van der Waals surface area contributed by atoms with Crippen molar-refractivity contribution in [3.63, 3.8) is 0 Å². The summed E-state index contributed by atoms with van der Waals surface area (Å²) in [5.41, 5.74) is 2.96. The van der Waals surface area contributed by atoms with Crippen LogP contribution in [-0.4, -0.2) is 53.3 Å². The van der Waals surface area contributed by atoms with Crippen molar-refractivity contribution < 1.29 is 14.3 Å². The third kappa shape index (κ3) is 6.23. The van der Waals surface area contributed by atoms with Crippen molar-refractivity contribution in [3.05, 3.63) is 101 Å². The standard InChI is InChI=1S/C27H25BrN4O3/c1-35-16-15-31(27(34)21-11-8-12-22(28)17-21)19-26(33)29-25-18-24(20-9-4-2-5-10-20)30-32(25)23-13-6-3-7-14-23/h2-14,17-18H,15-16,19H2,1H3,(H,29,33). The average Bonchev–Trinajstić information content (AvgIpc) is 3.30. The first-order chi connectivity index (χ1) is 17.0. The number of carbonyl (C=O) groups excluding carboxylic acids is 2. The van der Waals surface area contributed by atoms with Gasteiger partial charge in [-0.2, -0.15) is 5.10 Å². The summed E-state index contributed by atoms with van der Waals surface area (Å²) in [5, 5.41) is 7.66. The summed E-state index contributed by atoms with van der Waals surface area (Å²) < 4.78 is 7.64. The van der Waals surface area contributed by atoms with Gasteiger partial charge in [0.2, 0.25) is 5.91 Å². The van der Waals surface area contributed by atoms with Crippen molar-refractivity contribution in [3.8, 4) is 16.9 Å². The van der Waals surface area contributed by atoms with Gasteiger partial charge in [0, 0.05) is 35.3 Å². The fourth-order valence-corrected chi connectivity index (χ4v) is 4.00. The second-order valence-corrected chi connectivity index (χ2v) is 8.72. The van der Waals surface area contributed by atoms with Crippen molar-refractivity contribution in [2.45, 2.75) is 0 Å². The van der Waals surface area contributed by atoms with Crippen molar-refractivity contribution in [2.24, 2.45) is 0 Å². The number of benzene rings is 3. The monoisotopic (exact) mass is 532 g/mol. The quantitative estimate of drug-likeness (QED) is 0.328. The Morgan fingerprint density at radius 3 is 2.37 bits per heavy atom. The van der Waals surface area contributed by atoms with Crippen LogP contribution in [0.3, 0.4) is 0 Å². The van der Waals surface area contributed by atoms with Gasteiger partial charge < -0.3 is 15.0 Å². The van der Waals surface area contributed by atoms with Crippen LogP contribution in [0.25, 0.3) is 16.9 Å². The molecule has 0 aliphatic carbocycles. The van der Waals surface area contributed by atoms with Crippen molar-refractivity contribution in [1.29, 1.82) is 0 Å². The molecule has 1 N–H and O–H groups in total. The number of carbonyl (C=O) groups is 2. The maximum atomic E-state index is 13.1. The van der Waals surface area contributed by atoms with Gasteiger partial charge in [-0.3, -0.25) is 9.59 Å². The van der Waals surface area contributed by atoms with Gasteiger partial charge in [-0.25, -0.2) is 4.68 Å². The van der Waals surface area contributed by atoms with E-state index < -0.39 is 0 Å². The van der Waals surface area contributed by atoms with Gasteiger partial charge in [0.25, 0.3) is 5.91 Å². The van der Waals surface area contributed by atoms with E-state index in [9.17, 15) is 9.59 Å². The highest BCUT2D eigenvalue weighted by Gasteiger charge is 2.21. The van der Waals surface area contributed by atoms with E-state index in [1.165, 1.54) is 4.90 Å². The molecule has 3 aromatic carbocycles. The Morgan fingerprint density at radius 2 is 1.69 bits per heavy atom. The topological polar surface area (TPSA) is 76.5 Å². The summed E-state index contributed by atoms with van der Waals surface area (Å²) in [6, 6.07) is 28.2. The number of anilines is 1. The molecule has 4 rings (SSSR count). The van der Waals surface area contributed by atoms with Gasteiger partial charge in [0.15, 0.2) is 0 Å². The summed E-state index contributed by atoms with van der Waals surface area (Å²) in [6.07, 6.45) is 0. The molecule has 1 aromatic heterocycles. The van der Waals surface area contributed by atoms with Crippen molar-refractivity contribution in [1.82, 2.24) is 14.7 Å². The van der Waals surface area contributed by atoms with Crippen LogP contribution in [-0.2, 0) is 9.53 Å². The fraction of sp³-hybridized carbons (Fsp3) is 0.148. The molecule has 0 radical (unpaired) electrons. The number of aromatic nitrogens is 2. The molecule has 178 valence electrons. The Morgan fingerprint density at radius 1 is 0.971 bits per heavy atom.